The van der Waals surface area contributed by atoms with E-state index in [1.165, 1.54) is 19.8 Å². The third-order valence-corrected chi connectivity index (χ3v) is 3.04. The van der Waals surface area contributed by atoms with E-state index in [-0.39, 0.29) is 18.1 Å². The molecule has 0 bridgehead atoms. The van der Waals surface area contributed by atoms with Gasteiger partial charge in [-0.25, -0.2) is 0 Å². The van der Waals surface area contributed by atoms with E-state index in [9.17, 15) is 0 Å². The zero-order valence-electron chi connectivity index (χ0n) is 12.5. The summed E-state index contributed by atoms with van der Waals surface area (Å²) >= 11 is 0. The van der Waals surface area contributed by atoms with Gasteiger partial charge in [-0.15, -0.1) is 4.98 Å². The zero-order chi connectivity index (χ0) is 15.1. The number of nitrogens with zero attached hydrogens (tertiary/aromatic N) is 3. The first-order valence-corrected chi connectivity index (χ1v) is 6.85. The molecule has 0 amide bonds. The summed E-state index contributed by atoms with van der Waals surface area (Å²) in [5.41, 5.74) is 1.32. The molecular weight excluding hydrogens is 268 g/mol. The minimum Gasteiger partial charge on any atom is -0.467 e. The quantitative estimate of drug-likeness (QED) is 0.843. The number of methoxy groups -OCH3 is 2. The van der Waals surface area contributed by atoms with Crippen LogP contribution in [0.5, 0.6) is 12.0 Å². The highest BCUT2D eigenvalue weighted by atomic mass is 16.5. The Labute approximate surface area is 124 Å². The predicted molar refractivity (Wildman–Crippen MR) is 80.8 cm³/mol. The van der Waals surface area contributed by atoms with Gasteiger partial charge in [0.05, 0.1) is 14.2 Å². The Kier molecular flexibility index (Phi) is 5.31. The number of hydrogen-bond donors (Lipinski definition) is 1. The smallest absolute Gasteiger partial charge is 0.324 e. The monoisotopic (exact) mass is 288 g/mol. The maximum absolute atomic E-state index is 5.03. The van der Waals surface area contributed by atoms with E-state index in [2.05, 4.69) is 51.5 Å². The first-order valence-electron chi connectivity index (χ1n) is 6.85. The van der Waals surface area contributed by atoms with E-state index in [0.29, 0.717) is 5.95 Å². The van der Waals surface area contributed by atoms with Crippen LogP contribution >= 0.6 is 0 Å². The lowest BCUT2D eigenvalue weighted by atomic mass is 10.1. The Hall–Kier alpha value is -2.37. The lowest BCUT2D eigenvalue weighted by molar-refractivity contribution is 0.341. The van der Waals surface area contributed by atoms with Crippen LogP contribution in [-0.2, 0) is 6.42 Å². The molecule has 1 atom stereocenters. The summed E-state index contributed by atoms with van der Waals surface area (Å²) in [4.78, 5) is 12.3. The van der Waals surface area contributed by atoms with Crippen molar-refractivity contribution in [1.82, 2.24) is 15.0 Å². The van der Waals surface area contributed by atoms with Gasteiger partial charge in [-0.2, -0.15) is 9.97 Å². The van der Waals surface area contributed by atoms with E-state index in [4.69, 9.17) is 9.47 Å². The number of aryl methyl sites for hydroxylation is 1. The number of nitrogens with one attached hydrogen (secondary N) is 1. The molecule has 0 aliphatic carbocycles. The lowest BCUT2D eigenvalue weighted by Crippen LogP contribution is -2.18. The van der Waals surface area contributed by atoms with Crippen LogP contribution in [0.25, 0.3) is 0 Å². The summed E-state index contributed by atoms with van der Waals surface area (Å²) in [7, 11) is 3.02. The molecule has 21 heavy (non-hydrogen) atoms. The van der Waals surface area contributed by atoms with Crippen molar-refractivity contribution in [1.29, 1.82) is 0 Å². The summed E-state index contributed by atoms with van der Waals surface area (Å²) in [6.07, 6.45) is 1.97. The van der Waals surface area contributed by atoms with E-state index in [0.717, 1.165) is 12.8 Å². The summed E-state index contributed by atoms with van der Waals surface area (Å²) in [6.45, 7) is 2.09. The number of aromatic nitrogens is 3. The third-order valence-electron chi connectivity index (χ3n) is 3.04. The molecule has 1 aromatic carbocycles. The molecular formula is C15H20N4O2. The molecule has 2 rings (SSSR count). The normalized spacial score (nSPS) is 11.8. The first kappa shape index (κ1) is 15.0. The maximum atomic E-state index is 5.03. The van der Waals surface area contributed by atoms with Crippen LogP contribution in [0.2, 0.25) is 0 Å². The Morgan fingerprint density at radius 1 is 1.00 bits per heavy atom. The Balaban J connectivity index is 1.94. The Morgan fingerprint density at radius 2 is 1.62 bits per heavy atom. The van der Waals surface area contributed by atoms with Crippen LogP contribution in [0.15, 0.2) is 30.3 Å². The van der Waals surface area contributed by atoms with Crippen LogP contribution in [0, 0.1) is 0 Å². The predicted octanol–water partition coefficient (Wildman–Crippen LogP) is 2.32. The van der Waals surface area contributed by atoms with Crippen molar-refractivity contribution in [3.05, 3.63) is 35.9 Å². The molecule has 6 heteroatoms. The molecule has 0 aliphatic rings. The SMILES string of the molecule is COc1nc(NC(C)CCc2ccccc2)nc(OC)n1. The number of hydrogen-bond acceptors (Lipinski definition) is 6. The molecule has 1 N–H and O–H groups in total. The van der Waals surface area contributed by atoms with E-state index >= 15 is 0 Å². The van der Waals surface area contributed by atoms with E-state index in [1.807, 2.05) is 6.07 Å². The second-order valence-corrected chi connectivity index (χ2v) is 4.70. The summed E-state index contributed by atoms with van der Waals surface area (Å²) in [6, 6.07) is 11.1. The van der Waals surface area contributed by atoms with Crippen molar-refractivity contribution in [2.75, 3.05) is 19.5 Å². The lowest BCUT2D eigenvalue weighted by Gasteiger charge is -2.14. The van der Waals surface area contributed by atoms with Gasteiger partial charge in [-0.05, 0) is 25.3 Å². The van der Waals surface area contributed by atoms with Crippen molar-refractivity contribution in [3.63, 3.8) is 0 Å². The van der Waals surface area contributed by atoms with Gasteiger partial charge in [-0.3, -0.25) is 0 Å². The molecule has 0 radical (unpaired) electrons. The maximum Gasteiger partial charge on any atom is 0.324 e. The first-order chi connectivity index (χ1) is 10.2. The van der Waals surface area contributed by atoms with Gasteiger partial charge in [0.15, 0.2) is 0 Å². The minimum absolute atomic E-state index is 0.224. The average molecular weight is 288 g/mol. The highest BCUT2D eigenvalue weighted by Crippen LogP contribution is 2.14. The average Bonchev–Trinajstić information content (AvgIpc) is 2.53. The highest BCUT2D eigenvalue weighted by molar-refractivity contribution is 5.29. The molecule has 0 aliphatic heterocycles. The van der Waals surface area contributed by atoms with Gasteiger partial charge in [-0.1, -0.05) is 30.3 Å². The fourth-order valence-corrected chi connectivity index (χ4v) is 1.91. The van der Waals surface area contributed by atoms with Gasteiger partial charge in [0, 0.05) is 6.04 Å². The van der Waals surface area contributed by atoms with Gasteiger partial charge in [0.2, 0.25) is 5.95 Å². The fraction of sp³-hybridized carbons (Fsp3) is 0.400. The largest absolute Gasteiger partial charge is 0.467 e. The molecule has 1 unspecified atom stereocenters. The number of ether oxygens (including phenoxy) is 2. The van der Waals surface area contributed by atoms with E-state index in [1.54, 1.807) is 0 Å². The fourth-order valence-electron chi connectivity index (χ4n) is 1.91. The summed E-state index contributed by atoms with van der Waals surface area (Å²) < 4.78 is 10.1. The van der Waals surface area contributed by atoms with Gasteiger partial charge in [0.25, 0.3) is 0 Å². The van der Waals surface area contributed by atoms with Crippen LogP contribution in [-0.4, -0.2) is 35.2 Å². The van der Waals surface area contributed by atoms with Crippen molar-refractivity contribution in [3.8, 4) is 12.0 Å². The second-order valence-electron chi connectivity index (χ2n) is 4.70. The van der Waals surface area contributed by atoms with Gasteiger partial charge >= 0.3 is 12.0 Å². The molecule has 6 nitrogen and oxygen atoms in total. The molecule has 1 heterocycles. The van der Waals surface area contributed by atoms with Crippen LogP contribution < -0.4 is 14.8 Å². The molecule has 1 aromatic heterocycles. The highest BCUT2D eigenvalue weighted by Gasteiger charge is 2.10. The molecule has 2 aromatic rings. The zero-order valence-corrected chi connectivity index (χ0v) is 12.5. The number of anilines is 1. The summed E-state index contributed by atoms with van der Waals surface area (Å²) in [5, 5.41) is 3.24. The third kappa shape index (κ3) is 4.59. The van der Waals surface area contributed by atoms with Crippen molar-refractivity contribution in [2.24, 2.45) is 0 Å². The topological polar surface area (TPSA) is 69.2 Å². The van der Waals surface area contributed by atoms with Crippen LogP contribution in [0.1, 0.15) is 18.9 Å². The second kappa shape index (κ2) is 7.42. The van der Waals surface area contributed by atoms with Gasteiger partial charge in [0.1, 0.15) is 0 Å². The molecule has 112 valence electrons. The van der Waals surface area contributed by atoms with E-state index < -0.39 is 0 Å². The van der Waals surface area contributed by atoms with Crippen molar-refractivity contribution < 1.29 is 9.47 Å². The van der Waals surface area contributed by atoms with Crippen molar-refractivity contribution >= 4 is 5.95 Å². The minimum atomic E-state index is 0.224. The number of rotatable bonds is 7. The van der Waals surface area contributed by atoms with Gasteiger partial charge < -0.3 is 14.8 Å². The molecule has 0 saturated carbocycles. The molecule has 0 spiro atoms. The Morgan fingerprint density at radius 3 is 2.19 bits per heavy atom. The molecule has 0 saturated heterocycles. The summed E-state index contributed by atoms with van der Waals surface area (Å²) in [5.74, 6) is 0.458. The van der Waals surface area contributed by atoms with Crippen molar-refractivity contribution in [2.45, 2.75) is 25.8 Å². The number of benzene rings is 1. The standard InChI is InChI=1S/C15H20N4O2/c1-11(9-10-12-7-5-4-6-8-12)16-13-17-14(20-2)19-15(18-13)21-3/h4-8,11H,9-10H2,1-3H3,(H,16,17,18,19). The Bertz CT molecular complexity index is 541. The molecule has 0 fully saturated rings. The van der Waals surface area contributed by atoms with Crippen LogP contribution in [0.3, 0.4) is 0 Å². The van der Waals surface area contributed by atoms with Crippen LogP contribution in [0.4, 0.5) is 5.95 Å².